The third-order valence-electron chi connectivity index (χ3n) is 4.80. The molecule has 26 heavy (non-hydrogen) atoms. The summed E-state index contributed by atoms with van der Waals surface area (Å²) in [6, 6.07) is 8.44. The number of rotatable bonds is 4. The lowest BCUT2D eigenvalue weighted by Gasteiger charge is -2.26. The van der Waals surface area contributed by atoms with E-state index in [0.717, 1.165) is 5.56 Å². The fourth-order valence-corrected chi connectivity index (χ4v) is 3.61. The van der Waals surface area contributed by atoms with Crippen LogP contribution in [0.1, 0.15) is 31.1 Å². The molecule has 3 rings (SSSR count). The molecule has 1 unspecified atom stereocenters. The number of carbonyl (C=O) groups excluding carboxylic acids is 1. The van der Waals surface area contributed by atoms with Gasteiger partial charge in [0.05, 0.1) is 14.2 Å². The number of ether oxygens (including phenoxy) is 3. The number of nitrogens with two attached hydrogens (primary N) is 1. The van der Waals surface area contributed by atoms with Crippen LogP contribution in [0.3, 0.4) is 0 Å². The van der Waals surface area contributed by atoms with E-state index in [-0.39, 0.29) is 5.41 Å². The van der Waals surface area contributed by atoms with Crippen LogP contribution in [0.25, 0.3) is 11.1 Å². The fourth-order valence-electron chi connectivity index (χ4n) is 3.61. The number of halogens is 1. The first kappa shape index (κ1) is 18.0. The normalized spacial score (nSPS) is 17.5. The molecule has 5 nitrogen and oxygen atoms in total. The predicted molar refractivity (Wildman–Crippen MR) is 95.8 cm³/mol. The van der Waals surface area contributed by atoms with Crippen LogP contribution in [-0.4, -0.2) is 20.3 Å². The van der Waals surface area contributed by atoms with Gasteiger partial charge in [0.2, 0.25) is 0 Å². The second-order valence-corrected chi connectivity index (χ2v) is 7.08. The number of fused-ring (bicyclic) bond motifs is 1. The van der Waals surface area contributed by atoms with E-state index in [2.05, 4.69) is 0 Å². The van der Waals surface area contributed by atoms with Gasteiger partial charge in [0.25, 0.3) is 0 Å². The minimum Gasteiger partial charge on any atom is -0.497 e. The maximum absolute atomic E-state index is 15.0. The van der Waals surface area contributed by atoms with E-state index in [1.807, 2.05) is 13.8 Å². The van der Waals surface area contributed by atoms with Gasteiger partial charge >= 0.3 is 6.09 Å². The van der Waals surface area contributed by atoms with Crippen LogP contribution >= 0.6 is 0 Å². The second kappa shape index (κ2) is 6.52. The Kier molecular flexibility index (Phi) is 4.52. The summed E-state index contributed by atoms with van der Waals surface area (Å²) in [7, 11) is 3.09. The standard InChI is InChI=1S/C20H22FNO4/c1-20(2)10-11-7-14(15-8-12(24-3)5-6-17(15)25-4)16(21)9-13(11)18(20)26-19(22)23/h5-9,18H,10H2,1-4H3,(H2,22,23). The Bertz CT molecular complexity index is 863. The van der Waals surface area contributed by atoms with Gasteiger partial charge < -0.3 is 19.9 Å². The summed E-state index contributed by atoms with van der Waals surface area (Å²) in [6.45, 7) is 3.93. The lowest BCUT2D eigenvalue weighted by Crippen LogP contribution is -2.25. The average Bonchev–Trinajstić information content (AvgIpc) is 2.83. The first-order valence-corrected chi connectivity index (χ1v) is 8.27. The van der Waals surface area contributed by atoms with Gasteiger partial charge in [-0.2, -0.15) is 0 Å². The summed E-state index contributed by atoms with van der Waals surface area (Å²) in [5.41, 5.74) is 7.40. The monoisotopic (exact) mass is 359 g/mol. The molecule has 0 fully saturated rings. The van der Waals surface area contributed by atoms with Gasteiger partial charge in [-0.05, 0) is 47.9 Å². The first-order valence-electron chi connectivity index (χ1n) is 8.27. The Morgan fingerprint density at radius 1 is 1.15 bits per heavy atom. The summed E-state index contributed by atoms with van der Waals surface area (Å²) < 4.78 is 30.9. The molecule has 2 N–H and O–H groups in total. The molecule has 1 aliphatic rings. The van der Waals surface area contributed by atoms with E-state index in [0.29, 0.717) is 34.6 Å². The molecule has 0 saturated carbocycles. The molecule has 1 aliphatic carbocycles. The summed E-state index contributed by atoms with van der Waals surface area (Å²) in [5.74, 6) is 0.730. The maximum Gasteiger partial charge on any atom is 0.405 e. The molecule has 2 aromatic rings. The molecular weight excluding hydrogens is 337 g/mol. The van der Waals surface area contributed by atoms with Crippen LogP contribution in [0, 0.1) is 11.2 Å². The molecule has 0 radical (unpaired) electrons. The second-order valence-electron chi connectivity index (χ2n) is 7.08. The third-order valence-corrected chi connectivity index (χ3v) is 4.80. The molecule has 0 spiro atoms. The van der Waals surface area contributed by atoms with Crippen molar-refractivity contribution in [2.45, 2.75) is 26.4 Å². The number of hydrogen-bond acceptors (Lipinski definition) is 4. The highest BCUT2D eigenvalue weighted by molar-refractivity contribution is 5.74. The molecule has 0 aromatic heterocycles. The van der Waals surface area contributed by atoms with Crippen molar-refractivity contribution in [3.05, 3.63) is 47.3 Å². The summed E-state index contributed by atoms with van der Waals surface area (Å²) in [5, 5.41) is 0. The molecular formula is C20H22FNO4. The lowest BCUT2D eigenvalue weighted by atomic mass is 9.87. The summed E-state index contributed by atoms with van der Waals surface area (Å²) in [6.07, 6.45) is -0.805. The number of hydrogen-bond donors (Lipinski definition) is 1. The van der Waals surface area contributed by atoms with Crippen LogP contribution in [0.5, 0.6) is 11.5 Å². The molecule has 0 aliphatic heterocycles. The van der Waals surface area contributed by atoms with Crippen molar-refractivity contribution in [1.82, 2.24) is 0 Å². The van der Waals surface area contributed by atoms with E-state index in [1.54, 1.807) is 31.4 Å². The Hall–Kier alpha value is -2.76. The Balaban J connectivity index is 2.13. The first-order chi connectivity index (χ1) is 12.3. The average molecular weight is 359 g/mol. The molecule has 138 valence electrons. The fraction of sp³-hybridized carbons (Fsp3) is 0.350. The van der Waals surface area contributed by atoms with E-state index >= 15 is 0 Å². The largest absolute Gasteiger partial charge is 0.497 e. The van der Waals surface area contributed by atoms with Crippen LogP contribution in [0.2, 0.25) is 0 Å². The van der Waals surface area contributed by atoms with Crippen molar-refractivity contribution in [3.8, 4) is 22.6 Å². The number of amides is 1. The highest BCUT2D eigenvalue weighted by atomic mass is 19.1. The quantitative estimate of drug-likeness (QED) is 0.887. The number of carbonyl (C=O) groups is 1. The molecule has 1 amide bonds. The SMILES string of the molecule is COc1ccc(OC)c(-c2cc3c(cc2F)C(OC(N)=O)C(C)(C)C3)c1. The van der Waals surface area contributed by atoms with Gasteiger partial charge in [-0.1, -0.05) is 13.8 Å². The van der Waals surface area contributed by atoms with Gasteiger partial charge in [-0.25, -0.2) is 9.18 Å². The van der Waals surface area contributed by atoms with Gasteiger partial charge in [0, 0.05) is 16.5 Å². The Morgan fingerprint density at radius 2 is 1.88 bits per heavy atom. The van der Waals surface area contributed by atoms with Gasteiger partial charge in [-0.3, -0.25) is 0 Å². The molecule has 0 bridgehead atoms. The number of methoxy groups -OCH3 is 2. The van der Waals surface area contributed by atoms with Gasteiger partial charge in [0.15, 0.2) is 0 Å². The van der Waals surface area contributed by atoms with E-state index in [4.69, 9.17) is 19.9 Å². The van der Waals surface area contributed by atoms with E-state index in [9.17, 15) is 9.18 Å². The van der Waals surface area contributed by atoms with Crippen LogP contribution in [0.4, 0.5) is 9.18 Å². The van der Waals surface area contributed by atoms with Crippen molar-refractivity contribution >= 4 is 6.09 Å². The Labute approximate surface area is 151 Å². The summed E-state index contributed by atoms with van der Waals surface area (Å²) in [4.78, 5) is 11.3. The van der Waals surface area contributed by atoms with E-state index in [1.165, 1.54) is 13.2 Å². The molecule has 0 heterocycles. The van der Waals surface area contributed by atoms with Crippen molar-refractivity contribution in [1.29, 1.82) is 0 Å². The zero-order valence-corrected chi connectivity index (χ0v) is 15.3. The van der Waals surface area contributed by atoms with Crippen molar-refractivity contribution in [2.24, 2.45) is 11.1 Å². The maximum atomic E-state index is 15.0. The highest BCUT2D eigenvalue weighted by Crippen LogP contribution is 2.49. The Morgan fingerprint density at radius 3 is 2.50 bits per heavy atom. The van der Waals surface area contributed by atoms with Crippen LogP contribution in [0.15, 0.2) is 30.3 Å². The lowest BCUT2D eigenvalue weighted by molar-refractivity contribution is 0.0391. The zero-order chi connectivity index (χ0) is 19.1. The summed E-state index contributed by atoms with van der Waals surface area (Å²) >= 11 is 0. The predicted octanol–water partition coefficient (Wildman–Crippen LogP) is 4.23. The molecule has 1 atom stereocenters. The minimum absolute atomic E-state index is 0.374. The van der Waals surface area contributed by atoms with Crippen molar-refractivity contribution in [3.63, 3.8) is 0 Å². The van der Waals surface area contributed by atoms with Crippen LogP contribution in [-0.2, 0) is 11.2 Å². The van der Waals surface area contributed by atoms with Gasteiger partial charge in [-0.15, -0.1) is 0 Å². The zero-order valence-electron chi connectivity index (χ0n) is 15.3. The third kappa shape index (κ3) is 3.07. The minimum atomic E-state index is -0.866. The van der Waals surface area contributed by atoms with E-state index < -0.39 is 18.0 Å². The molecule has 2 aromatic carbocycles. The van der Waals surface area contributed by atoms with Crippen molar-refractivity contribution in [2.75, 3.05) is 14.2 Å². The van der Waals surface area contributed by atoms with Crippen molar-refractivity contribution < 1.29 is 23.4 Å². The van der Waals surface area contributed by atoms with Crippen LogP contribution < -0.4 is 15.2 Å². The molecule has 6 heteroatoms. The number of primary amides is 1. The topological polar surface area (TPSA) is 70.8 Å². The van der Waals surface area contributed by atoms with Gasteiger partial charge in [0.1, 0.15) is 23.4 Å². The number of benzene rings is 2. The smallest absolute Gasteiger partial charge is 0.405 e. The highest BCUT2D eigenvalue weighted by Gasteiger charge is 2.42. The molecule has 0 saturated heterocycles.